The molecule has 0 bridgehead atoms. The van der Waals surface area contributed by atoms with Gasteiger partial charge in [-0.15, -0.1) is 10.2 Å². The summed E-state index contributed by atoms with van der Waals surface area (Å²) in [5.41, 5.74) is 1.78. The van der Waals surface area contributed by atoms with Crippen molar-refractivity contribution in [2.45, 2.75) is 37.7 Å². The fraction of sp³-hybridized carbons (Fsp3) is 0.346. The van der Waals surface area contributed by atoms with Gasteiger partial charge in [0.1, 0.15) is 34.5 Å². The first-order valence-corrected chi connectivity index (χ1v) is 13.6. The fourth-order valence-corrected chi connectivity index (χ4v) is 5.54. The van der Waals surface area contributed by atoms with E-state index in [-0.39, 0.29) is 5.82 Å². The normalized spacial score (nSPS) is 13.1. The minimum atomic E-state index is -3.75. The van der Waals surface area contributed by atoms with E-state index in [1.54, 1.807) is 67.2 Å². The van der Waals surface area contributed by atoms with Crippen LogP contribution in [0.4, 0.5) is 0 Å². The van der Waals surface area contributed by atoms with Crippen LogP contribution in [0.25, 0.3) is 17.2 Å². The summed E-state index contributed by atoms with van der Waals surface area (Å²) in [5, 5.41) is 7.84. The van der Waals surface area contributed by atoms with Gasteiger partial charge in [-0.2, -0.15) is 0 Å². The van der Waals surface area contributed by atoms with Gasteiger partial charge in [-0.05, 0) is 37.6 Å². The van der Waals surface area contributed by atoms with Crippen LogP contribution < -0.4 is 14.2 Å². The minimum Gasteiger partial charge on any atom is -0.494 e. The highest BCUT2D eigenvalue weighted by Gasteiger charge is 2.33. The lowest BCUT2D eigenvalue weighted by Crippen LogP contribution is -2.27. The molecule has 3 heterocycles. The van der Waals surface area contributed by atoms with Crippen molar-refractivity contribution >= 4 is 9.84 Å². The lowest BCUT2D eigenvalue weighted by atomic mass is 10.1. The summed E-state index contributed by atoms with van der Waals surface area (Å²) in [4.78, 5) is 13.1. The summed E-state index contributed by atoms with van der Waals surface area (Å²) in [6.45, 7) is 5.33. The number of aromatic nitrogens is 6. The first kappa shape index (κ1) is 27.0. The van der Waals surface area contributed by atoms with Crippen LogP contribution in [0.2, 0.25) is 0 Å². The number of hydrogen-bond acceptors (Lipinski definition) is 10. The molecule has 38 heavy (non-hydrogen) atoms. The lowest BCUT2D eigenvalue weighted by molar-refractivity contribution is 0.390. The van der Waals surface area contributed by atoms with Gasteiger partial charge in [0.2, 0.25) is 5.88 Å². The molecular weight excluding hydrogens is 508 g/mol. The van der Waals surface area contributed by atoms with Crippen LogP contribution >= 0.6 is 0 Å². The molecule has 0 saturated heterocycles. The van der Waals surface area contributed by atoms with Crippen molar-refractivity contribution < 1.29 is 22.6 Å². The molecule has 12 heteroatoms. The van der Waals surface area contributed by atoms with E-state index >= 15 is 0 Å². The van der Waals surface area contributed by atoms with Gasteiger partial charge < -0.3 is 14.2 Å². The van der Waals surface area contributed by atoms with E-state index < -0.39 is 26.8 Å². The maximum Gasteiger partial charge on any atom is 0.213 e. The van der Waals surface area contributed by atoms with Crippen molar-refractivity contribution in [2.75, 3.05) is 21.3 Å². The molecule has 0 amide bonds. The highest BCUT2D eigenvalue weighted by molar-refractivity contribution is 7.91. The molecule has 0 fully saturated rings. The number of sulfone groups is 1. The van der Waals surface area contributed by atoms with Gasteiger partial charge in [0.15, 0.2) is 21.5 Å². The summed E-state index contributed by atoms with van der Waals surface area (Å²) >= 11 is 0. The topological polar surface area (TPSA) is 131 Å². The Morgan fingerprint density at radius 3 is 2.13 bits per heavy atom. The number of pyridine rings is 1. The Kier molecular flexibility index (Phi) is 7.91. The molecule has 0 radical (unpaired) electrons. The third-order valence-electron chi connectivity index (χ3n) is 6.33. The van der Waals surface area contributed by atoms with E-state index in [1.165, 1.54) is 21.3 Å². The van der Waals surface area contributed by atoms with Gasteiger partial charge in [0.25, 0.3) is 0 Å². The van der Waals surface area contributed by atoms with Crippen LogP contribution in [0.15, 0.2) is 48.8 Å². The van der Waals surface area contributed by atoms with Gasteiger partial charge in [-0.25, -0.2) is 23.4 Å². The van der Waals surface area contributed by atoms with Crippen LogP contribution in [0.5, 0.6) is 17.4 Å². The molecule has 0 unspecified atom stereocenters. The molecule has 0 spiro atoms. The molecule has 4 aromatic rings. The molecule has 11 nitrogen and oxygen atoms in total. The van der Waals surface area contributed by atoms with Crippen molar-refractivity contribution in [3.8, 4) is 34.6 Å². The maximum atomic E-state index is 13.7. The average molecular weight is 539 g/mol. The van der Waals surface area contributed by atoms with Gasteiger partial charge in [-0.3, -0.25) is 4.57 Å². The third kappa shape index (κ3) is 5.30. The van der Waals surface area contributed by atoms with Crippen molar-refractivity contribution in [3.05, 3.63) is 66.0 Å². The Bertz CT molecular complexity index is 1500. The molecule has 200 valence electrons. The lowest BCUT2D eigenvalue weighted by Gasteiger charge is -2.20. The minimum absolute atomic E-state index is 0.177. The molecule has 0 aliphatic carbocycles. The average Bonchev–Trinajstić information content (AvgIpc) is 3.34. The summed E-state index contributed by atoms with van der Waals surface area (Å²) < 4.78 is 45.5. The van der Waals surface area contributed by atoms with Crippen LogP contribution in [-0.2, 0) is 15.6 Å². The molecule has 4 rings (SSSR count). The van der Waals surface area contributed by atoms with Crippen molar-refractivity contribution in [1.29, 1.82) is 0 Å². The number of aryl methyl sites for hydroxylation is 1. The molecule has 0 aliphatic rings. The monoisotopic (exact) mass is 538 g/mol. The molecule has 1 aromatic carbocycles. The highest BCUT2D eigenvalue weighted by atomic mass is 32.2. The number of benzene rings is 1. The first-order chi connectivity index (χ1) is 18.2. The molecule has 0 saturated carbocycles. The summed E-state index contributed by atoms with van der Waals surface area (Å²) in [6.07, 6.45) is 3.35. The van der Waals surface area contributed by atoms with E-state index in [9.17, 15) is 8.42 Å². The highest BCUT2D eigenvalue weighted by Crippen LogP contribution is 2.37. The van der Waals surface area contributed by atoms with Gasteiger partial charge in [-0.1, -0.05) is 19.1 Å². The number of hydrogen-bond donors (Lipinski definition) is 0. The van der Waals surface area contributed by atoms with E-state index in [4.69, 9.17) is 14.2 Å². The molecule has 0 N–H and O–H groups in total. The smallest absolute Gasteiger partial charge is 0.213 e. The summed E-state index contributed by atoms with van der Waals surface area (Å²) in [5.74, 6) is 1.36. The summed E-state index contributed by atoms with van der Waals surface area (Å²) in [6, 6.07) is 10.5. The van der Waals surface area contributed by atoms with Crippen molar-refractivity contribution in [2.24, 2.45) is 0 Å². The Hall–Kier alpha value is -4.06. The Labute approximate surface area is 221 Å². The predicted octanol–water partition coefficient (Wildman–Crippen LogP) is 3.56. The largest absolute Gasteiger partial charge is 0.494 e. The standard InChI is InChI=1S/C26H30N6O5S/c1-16-13-27-25(28-14-16)17(2)18(3)38(33,34)15-22-30-31-26(19-9-7-12-23(29-19)37-6)32(22)24-20(35-4)10-8-11-21(24)36-5/h7-14,17-18H,15H2,1-6H3/t17-,18-/m0/s1. The van der Waals surface area contributed by atoms with Crippen LogP contribution in [0.1, 0.15) is 37.0 Å². The van der Waals surface area contributed by atoms with Crippen LogP contribution in [0, 0.1) is 6.92 Å². The first-order valence-electron chi connectivity index (χ1n) is 11.9. The number of ether oxygens (including phenoxy) is 3. The summed E-state index contributed by atoms with van der Waals surface area (Å²) in [7, 11) is 0.803. The molecule has 2 atom stereocenters. The zero-order chi connectivity index (χ0) is 27.4. The van der Waals surface area contributed by atoms with E-state index in [2.05, 4.69) is 25.1 Å². The Morgan fingerprint density at radius 2 is 1.53 bits per heavy atom. The number of nitrogens with zero attached hydrogens (tertiary/aromatic N) is 6. The van der Waals surface area contributed by atoms with Crippen molar-refractivity contribution in [3.63, 3.8) is 0 Å². The number of rotatable bonds is 10. The second-order valence-electron chi connectivity index (χ2n) is 8.77. The number of methoxy groups -OCH3 is 3. The van der Waals surface area contributed by atoms with Crippen LogP contribution in [-0.4, -0.2) is 64.7 Å². The number of para-hydroxylation sites is 1. The van der Waals surface area contributed by atoms with Gasteiger partial charge >= 0.3 is 0 Å². The van der Waals surface area contributed by atoms with Crippen molar-refractivity contribution in [1.82, 2.24) is 29.7 Å². The van der Waals surface area contributed by atoms with Gasteiger partial charge in [0, 0.05) is 24.4 Å². The third-order valence-corrected chi connectivity index (χ3v) is 8.53. The second kappa shape index (κ2) is 11.1. The molecule has 0 aliphatic heterocycles. The maximum absolute atomic E-state index is 13.7. The zero-order valence-corrected chi connectivity index (χ0v) is 22.9. The quantitative estimate of drug-likeness (QED) is 0.295. The molecule has 3 aromatic heterocycles. The molecular formula is C26H30N6O5S. The van der Waals surface area contributed by atoms with Gasteiger partial charge in [0.05, 0.1) is 26.6 Å². The van der Waals surface area contributed by atoms with E-state index in [0.29, 0.717) is 40.4 Å². The SMILES string of the molecule is COc1cccc(-c2nnc(CS(=O)(=O)[C@@H](C)[C@H](C)c3ncc(C)cn3)n2-c2c(OC)cccc2OC)n1. The van der Waals surface area contributed by atoms with E-state index in [0.717, 1.165) is 5.56 Å². The predicted molar refractivity (Wildman–Crippen MR) is 142 cm³/mol. The Balaban J connectivity index is 1.84. The fourth-order valence-electron chi connectivity index (χ4n) is 3.99. The zero-order valence-electron chi connectivity index (χ0n) is 22.1. The Morgan fingerprint density at radius 1 is 0.895 bits per heavy atom. The van der Waals surface area contributed by atoms with Crippen LogP contribution in [0.3, 0.4) is 0 Å². The second-order valence-corrected chi connectivity index (χ2v) is 11.1. The van der Waals surface area contributed by atoms with E-state index in [1.807, 2.05) is 6.92 Å².